The molecule has 0 unspecified atom stereocenters. The molecular formula is C21H23N3. The minimum absolute atomic E-state index is 0.412. The van der Waals surface area contributed by atoms with Crippen molar-refractivity contribution in [1.82, 2.24) is 0 Å². The van der Waals surface area contributed by atoms with Gasteiger partial charge in [0.15, 0.2) is 0 Å². The highest BCUT2D eigenvalue weighted by Crippen LogP contribution is 2.27. The Bertz CT molecular complexity index is 812. The minimum atomic E-state index is 0.412. The lowest BCUT2D eigenvalue weighted by Crippen LogP contribution is -2.22. The molecule has 0 heterocycles. The third-order valence-corrected chi connectivity index (χ3v) is 4.56. The lowest BCUT2D eigenvalue weighted by Gasteiger charge is -2.21. The van der Waals surface area contributed by atoms with E-state index in [4.69, 9.17) is 16.9 Å². The molecule has 24 heavy (non-hydrogen) atoms. The first-order valence-electron chi connectivity index (χ1n) is 8.22. The fourth-order valence-corrected chi connectivity index (χ4v) is 3.03. The van der Waals surface area contributed by atoms with Gasteiger partial charge < -0.3 is 11.5 Å². The highest BCUT2D eigenvalue weighted by Gasteiger charge is 2.20. The summed E-state index contributed by atoms with van der Waals surface area (Å²) in [4.78, 5) is 0. The largest absolute Gasteiger partial charge is 0.401 e. The van der Waals surface area contributed by atoms with Crippen LogP contribution in [0.4, 0.5) is 0 Å². The Morgan fingerprint density at radius 1 is 0.917 bits per heavy atom. The van der Waals surface area contributed by atoms with Crippen LogP contribution in [0.1, 0.15) is 36.5 Å². The monoisotopic (exact) mass is 317 g/mol. The van der Waals surface area contributed by atoms with Gasteiger partial charge in [-0.3, -0.25) is 5.41 Å². The van der Waals surface area contributed by atoms with Gasteiger partial charge in [0.2, 0.25) is 0 Å². The average molecular weight is 317 g/mol. The molecule has 0 saturated carbocycles. The van der Waals surface area contributed by atoms with E-state index in [1.54, 1.807) is 0 Å². The van der Waals surface area contributed by atoms with Gasteiger partial charge in [-0.1, -0.05) is 54.6 Å². The summed E-state index contributed by atoms with van der Waals surface area (Å²) >= 11 is 0. The zero-order valence-electron chi connectivity index (χ0n) is 14.0. The third kappa shape index (κ3) is 3.25. The number of nitrogens with one attached hydrogen (secondary N) is 1. The van der Waals surface area contributed by atoms with E-state index in [1.807, 2.05) is 25.1 Å². The van der Waals surface area contributed by atoms with Crippen LogP contribution in [0.25, 0.3) is 0 Å². The van der Waals surface area contributed by atoms with Crippen LogP contribution in [-0.4, -0.2) is 5.71 Å². The van der Waals surface area contributed by atoms with Gasteiger partial charge in [0, 0.05) is 22.5 Å². The molecule has 0 aromatic heterocycles. The normalized spacial score (nSPS) is 14.9. The highest BCUT2D eigenvalue weighted by molar-refractivity contribution is 6.13. The highest BCUT2D eigenvalue weighted by atomic mass is 14.7. The van der Waals surface area contributed by atoms with Gasteiger partial charge in [0.1, 0.15) is 0 Å². The molecule has 3 rings (SSSR count). The number of benzene rings is 2. The van der Waals surface area contributed by atoms with Crippen LogP contribution >= 0.6 is 0 Å². The number of nitrogens with two attached hydrogens (primary N) is 2. The van der Waals surface area contributed by atoms with Gasteiger partial charge >= 0.3 is 0 Å². The summed E-state index contributed by atoms with van der Waals surface area (Å²) in [6.07, 6.45) is 2.54. The average Bonchev–Trinajstić information content (AvgIpc) is 2.60. The first-order valence-corrected chi connectivity index (χ1v) is 8.22. The molecule has 0 aliphatic heterocycles. The summed E-state index contributed by atoms with van der Waals surface area (Å²) in [6.45, 7) is 2.01. The number of rotatable bonds is 4. The Morgan fingerprint density at radius 3 is 2.21 bits per heavy atom. The van der Waals surface area contributed by atoms with E-state index < -0.39 is 0 Å². The SMILES string of the molecule is CC1=C(N)C(C(=N)c2ccc(Cc3ccccc3)cc2)=C(N)CC1. The molecule has 2 aromatic carbocycles. The van der Waals surface area contributed by atoms with Crippen molar-refractivity contribution in [3.8, 4) is 0 Å². The summed E-state index contributed by atoms with van der Waals surface area (Å²) in [6, 6.07) is 18.5. The molecule has 3 nitrogen and oxygen atoms in total. The second-order valence-corrected chi connectivity index (χ2v) is 6.33. The maximum absolute atomic E-state index is 8.51. The maximum atomic E-state index is 8.51. The first kappa shape index (κ1) is 16.1. The molecule has 0 radical (unpaired) electrons. The van der Waals surface area contributed by atoms with Gasteiger partial charge in [-0.2, -0.15) is 0 Å². The Kier molecular flexibility index (Phi) is 4.52. The van der Waals surface area contributed by atoms with Crippen LogP contribution in [-0.2, 0) is 6.42 Å². The second-order valence-electron chi connectivity index (χ2n) is 6.33. The van der Waals surface area contributed by atoms with Crippen LogP contribution in [0, 0.1) is 5.41 Å². The Hall–Kier alpha value is -2.81. The predicted molar refractivity (Wildman–Crippen MR) is 99.9 cm³/mol. The number of allylic oxidation sites excluding steroid dienone is 3. The lowest BCUT2D eigenvalue weighted by atomic mass is 9.88. The van der Waals surface area contributed by atoms with E-state index >= 15 is 0 Å². The molecule has 0 fully saturated rings. The van der Waals surface area contributed by atoms with Crippen molar-refractivity contribution < 1.29 is 0 Å². The Balaban J connectivity index is 1.82. The topological polar surface area (TPSA) is 75.9 Å². The van der Waals surface area contributed by atoms with Crippen LogP contribution in [0.2, 0.25) is 0 Å². The zero-order valence-corrected chi connectivity index (χ0v) is 14.0. The summed E-state index contributed by atoms with van der Waals surface area (Å²) in [7, 11) is 0. The van der Waals surface area contributed by atoms with Gasteiger partial charge in [-0.25, -0.2) is 0 Å². The molecule has 1 aliphatic rings. The summed E-state index contributed by atoms with van der Waals surface area (Å²) in [5, 5.41) is 8.51. The predicted octanol–water partition coefficient (Wildman–Crippen LogP) is 3.88. The van der Waals surface area contributed by atoms with Gasteiger partial charge in [-0.15, -0.1) is 0 Å². The molecule has 0 amide bonds. The van der Waals surface area contributed by atoms with Crippen LogP contribution in [0.3, 0.4) is 0 Å². The summed E-state index contributed by atoms with van der Waals surface area (Å²) in [5.41, 5.74) is 19.3. The number of hydrogen-bond acceptors (Lipinski definition) is 3. The summed E-state index contributed by atoms with van der Waals surface area (Å²) in [5.74, 6) is 0. The van der Waals surface area contributed by atoms with Crippen molar-refractivity contribution in [1.29, 1.82) is 5.41 Å². The molecule has 0 saturated heterocycles. The van der Waals surface area contributed by atoms with Crippen LogP contribution in [0.5, 0.6) is 0 Å². The smallest absolute Gasteiger partial charge is 0.0722 e. The molecule has 3 heteroatoms. The number of hydrogen-bond donors (Lipinski definition) is 3. The van der Waals surface area contributed by atoms with Crippen LogP contribution < -0.4 is 11.5 Å². The van der Waals surface area contributed by atoms with Gasteiger partial charge in [0.25, 0.3) is 0 Å². The molecule has 122 valence electrons. The van der Waals surface area contributed by atoms with Crippen molar-refractivity contribution in [3.63, 3.8) is 0 Å². The molecule has 2 aromatic rings. The van der Waals surface area contributed by atoms with Crippen molar-refractivity contribution >= 4 is 5.71 Å². The van der Waals surface area contributed by atoms with Gasteiger partial charge in [-0.05, 0) is 42.9 Å². The fourth-order valence-electron chi connectivity index (χ4n) is 3.03. The molecule has 0 atom stereocenters. The van der Waals surface area contributed by atoms with Crippen LogP contribution in [0.15, 0.2) is 77.1 Å². The molecular weight excluding hydrogens is 294 g/mol. The van der Waals surface area contributed by atoms with E-state index in [2.05, 4.69) is 36.4 Å². The standard InChI is InChI=1S/C21H23N3/c1-14-7-12-18(22)19(20(14)23)21(24)17-10-8-16(9-11-17)13-15-5-3-2-4-6-15/h2-6,8-11,24H,7,12-13,22-23H2,1H3. The van der Waals surface area contributed by atoms with E-state index in [9.17, 15) is 0 Å². The van der Waals surface area contributed by atoms with E-state index in [-0.39, 0.29) is 0 Å². The first-order chi connectivity index (χ1) is 11.6. The van der Waals surface area contributed by atoms with Crippen molar-refractivity contribution in [2.75, 3.05) is 0 Å². The summed E-state index contributed by atoms with van der Waals surface area (Å²) < 4.78 is 0. The second kappa shape index (κ2) is 6.75. The molecule has 0 spiro atoms. The molecule has 5 N–H and O–H groups in total. The van der Waals surface area contributed by atoms with Crippen molar-refractivity contribution in [3.05, 3.63) is 93.8 Å². The van der Waals surface area contributed by atoms with E-state index in [0.717, 1.165) is 36.1 Å². The van der Waals surface area contributed by atoms with Gasteiger partial charge in [0.05, 0.1) is 5.71 Å². The van der Waals surface area contributed by atoms with Crippen molar-refractivity contribution in [2.24, 2.45) is 11.5 Å². The van der Waals surface area contributed by atoms with Crippen molar-refractivity contribution in [2.45, 2.75) is 26.2 Å². The maximum Gasteiger partial charge on any atom is 0.0722 e. The molecule has 1 aliphatic carbocycles. The quantitative estimate of drug-likeness (QED) is 0.748. The minimum Gasteiger partial charge on any atom is -0.401 e. The Labute approximate surface area is 143 Å². The zero-order chi connectivity index (χ0) is 17.1. The lowest BCUT2D eigenvalue weighted by molar-refractivity contribution is 0.859. The van der Waals surface area contributed by atoms with E-state index in [0.29, 0.717) is 17.0 Å². The fraction of sp³-hybridized carbons (Fsp3) is 0.190. The van der Waals surface area contributed by atoms with E-state index in [1.165, 1.54) is 11.1 Å². The Morgan fingerprint density at radius 2 is 1.54 bits per heavy atom. The molecule has 0 bridgehead atoms. The third-order valence-electron chi connectivity index (χ3n) is 4.56.